The predicted molar refractivity (Wildman–Crippen MR) is 39.8 cm³/mol. The minimum Gasteiger partial charge on any atom is -0.393 e. The number of hydrogen-bond donors (Lipinski definition) is 1. The van der Waals surface area contributed by atoms with Crippen LogP contribution in [0.2, 0.25) is 0 Å². The molecule has 0 radical (unpaired) electrons. The third-order valence-corrected chi connectivity index (χ3v) is 2.24. The molecular formula is C8H16O2. The van der Waals surface area contributed by atoms with Gasteiger partial charge in [0.05, 0.1) is 18.8 Å². The molecule has 0 amide bonds. The Kier molecular flexibility index (Phi) is 2.69. The van der Waals surface area contributed by atoms with Crippen molar-refractivity contribution in [3.8, 4) is 0 Å². The Morgan fingerprint density at radius 2 is 2.30 bits per heavy atom. The van der Waals surface area contributed by atoms with Crippen LogP contribution in [0.3, 0.4) is 0 Å². The van der Waals surface area contributed by atoms with Crippen LogP contribution >= 0.6 is 0 Å². The Morgan fingerprint density at radius 1 is 1.60 bits per heavy atom. The van der Waals surface area contributed by atoms with Gasteiger partial charge in [-0.05, 0) is 19.8 Å². The lowest BCUT2D eigenvalue weighted by atomic mass is 9.93. The fraction of sp³-hybridized carbons (Fsp3) is 1.00. The molecule has 0 aromatic heterocycles. The molecule has 0 saturated carbocycles. The summed E-state index contributed by atoms with van der Waals surface area (Å²) in [5.41, 5.74) is 0. The summed E-state index contributed by atoms with van der Waals surface area (Å²) >= 11 is 0. The van der Waals surface area contributed by atoms with Gasteiger partial charge in [-0.1, -0.05) is 6.92 Å². The van der Waals surface area contributed by atoms with Crippen LogP contribution in [0.5, 0.6) is 0 Å². The zero-order valence-corrected chi connectivity index (χ0v) is 6.71. The normalized spacial score (nSPS) is 41.7. The van der Waals surface area contributed by atoms with Gasteiger partial charge in [-0.15, -0.1) is 0 Å². The van der Waals surface area contributed by atoms with Gasteiger partial charge in [-0.3, -0.25) is 0 Å². The SMILES string of the molecule is CCC1COC(C)CC1O. The fourth-order valence-electron chi connectivity index (χ4n) is 1.39. The van der Waals surface area contributed by atoms with E-state index in [4.69, 9.17) is 4.74 Å². The molecule has 3 atom stereocenters. The van der Waals surface area contributed by atoms with E-state index in [0.29, 0.717) is 5.92 Å². The summed E-state index contributed by atoms with van der Waals surface area (Å²) in [5, 5.41) is 9.46. The Balaban J connectivity index is 2.36. The van der Waals surface area contributed by atoms with E-state index in [0.717, 1.165) is 19.4 Å². The predicted octanol–water partition coefficient (Wildman–Crippen LogP) is 1.18. The van der Waals surface area contributed by atoms with Gasteiger partial charge in [0.25, 0.3) is 0 Å². The molecule has 1 fully saturated rings. The number of rotatable bonds is 1. The lowest BCUT2D eigenvalue weighted by Crippen LogP contribution is -2.35. The first kappa shape index (κ1) is 8.02. The van der Waals surface area contributed by atoms with Crippen molar-refractivity contribution < 1.29 is 9.84 Å². The summed E-state index contributed by atoms with van der Waals surface area (Å²) in [6.45, 7) is 4.83. The average molecular weight is 144 g/mol. The lowest BCUT2D eigenvalue weighted by Gasteiger charge is -2.30. The molecule has 10 heavy (non-hydrogen) atoms. The Morgan fingerprint density at radius 3 is 2.80 bits per heavy atom. The fourth-order valence-corrected chi connectivity index (χ4v) is 1.39. The van der Waals surface area contributed by atoms with Crippen molar-refractivity contribution in [3.63, 3.8) is 0 Å². The molecular weight excluding hydrogens is 128 g/mol. The van der Waals surface area contributed by atoms with Crippen molar-refractivity contribution in [2.75, 3.05) is 6.61 Å². The molecule has 0 bridgehead atoms. The first-order valence-electron chi connectivity index (χ1n) is 4.03. The average Bonchev–Trinajstić information content (AvgIpc) is 1.88. The van der Waals surface area contributed by atoms with Gasteiger partial charge in [-0.2, -0.15) is 0 Å². The first-order chi connectivity index (χ1) is 4.74. The van der Waals surface area contributed by atoms with Crippen LogP contribution in [-0.4, -0.2) is 23.9 Å². The molecule has 1 rings (SSSR count). The topological polar surface area (TPSA) is 29.5 Å². The van der Waals surface area contributed by atoms with E-state index in [-0.39, 0.29) is 12.2 Å². The van der Waals surface area contributed by atoms with Gasteiger partial charge in [0.2, 0.25) is 0 Å². The van der Waals surface area contributed by atoms with Crippen LogP contribution in [-0.2, 0) is 4.74 Å². The quantitative estimate of drug-likeness (QED) is 0.599. The number of aliphatic hydroxyl groups excluding tert-OH is 1. The lowest BCUT2D eigenvalue weighted by molar-refractivity contribution is -0.0762. The number of ether oxygens (including phenoxy) is 1. The second-order valence-electron chi connectivity index (χ2n) is 3.12. The first-order valence-corrected chi connectivity index (χ1v) is 4.03. The van der Waals surface area contributed by atoms with Crippen molar-refractivity contribution in [3.05, 3.63) is 0 Å². The summed E-state index contributed by atoms with van der Waals surface area (Å²) in [5.74, 6) is 0.371. The van der Waals surface area contributed by atoms with E-state index in [1.165, 1.54) is 0 Å². The highest BCUT2D eigenvalue weighted by Gasteiger charge is 2.25. The molecule has 1 aliphatic rings. The summed E-state index contributed by atoms with van der Waals surface area (Å²) in [4.78, 5) is 0. The largest absolute Gasteiger partial charge is 0.393 e. The van der Waals surface area contributed by atoms with Gasteiger partial charge >= 0.3 is 0 Å². The maximum Gasteiger partial charge on any atom is 0.0614 e. The van der Waals surface area contributed by atoms with Gasteiger partial charge in [0.15, 0.2) is 0 Å². The van der Waals surface area contributed by atoms with Crippen molar-refractivity contribution in [1.82, 2.24) is 0 Å². The molecule has 2 nitrogen and oxygen atoms in total. The second-order valence-corrected chi connectivity index (χ2v) is 3.12. The summed E-state index contributed by atoms with van der Waals surface area (Å²) in [7, 11) is 0. The van der Waals surface area contributed by atoms with E-state index < -0.39 is 0 Å². The minimum atomic E-state index is -0.131. The number of aliphatic hydroxyl groups is 1. The third-order valence-electron chi connectivity index (χ3n) is 2.24. The van der Waals surface area contributed by atoms with Crippen LogP contribution in [0.4, 0.5) is 0 Å². The minimum absolute atomic E-state index is 0.131. The highest BCUT2D eigenvalue weighted by molar-refractivity contribution is 4.74. The van der Waals surface area contributed by atoms with Crippen molar-refractivity contribution in [2.24, 2.45) is 5.92 Å². The van der Waals surface area contributed by atoms with Crippen LogP contribution in [0.15, 0.2) is 0 Å². The smallest absolute Gasteiger partial charge is 0.0614 e. The maximum absolute atomic E-state index is 9.46. The van der Waals surface area contributed by atoms with E-state index in [1.807, 2.05) is 6.92 Å². The maximum atomic E-state index is 9.46. The van der Waals surface area contributed by atoms with Crippen LogP contribution in [0.1, 0.15) is 26.7 Å². The van der Waals surface area contributed by atoms with Gasteiger partial charge in [-0.25, -0.2) is 0 Å². The summed E-state index contributed by atoms with van der Waals surface area (Å²) in [6, 6.07) is 0. The second kappa shape index (κ2) is 3.35. The zero-order chi connectivity index (χ0) is 7.56. The van der Waals surface area contributed by atoms with Crippen LogP contribution in [0.25, 0.3) is 0 Å². The highest BCUT2D eigenvalue weighted by atomic mass is 16.5. The van der Waals surface area contributed by atoms with E-state index in [2.05, 4.69) is 6.92 Å². The molecule has 1 heterocycles. The van der Waals surface area contributed by atoms with Gasteiger partial charge in [0, 0.05) is 5.92 Å². The zero-order valence-electron chi connectivity index (χ0n) is 6.71. The summed E-state index contributed by atoms with van der Waals surface area (Å²) in [6.07, 6.45) is 1.94. The molecule has 2 heteroatoms. The van der Waals surface area contributed by atoms with Crippen molar-refractivity contribution in [2.45, 2.75) is 38.9 Å². The molecule has 0 aromatic rings. The van der Waals surface area contributed by atoms with E-state index >= 15 is 0 Å². The Bertz CT molecular complexity index is 103. The number of hydrogen-bond acceptors (Lipinski definition) is 2. The molecule has 0 aromatic carbocycles. The van der Waals surface area contributed by atoms with Crippen LogP contribution in [0, 0.1) is 5.92 Å². The standard InChI is InChI=1S/C8H16O2/c1-3-7-5-10-6(2)4-8(7)9/h6-9H,3-5H2,1-2H3. The van der Waals surface area contributed by atoms with Crippen LogP contribution < -0.4 is 0 Å². The highest BCUT2D eigenvalue weighted by Crippen LogP contribution is 2.21. The Labute approximate surface area is 62.2 Å². The molecule has 1 N–H and O–H groups in total. The molecule has 0 aliphatic carbocycles. The summed E-state index contributed by atoms with van der Waals surface area (Å²) < 4.78 is 5.39. The van der Waals surface area contributed by atoms with Crippen molar-refractivity contribution in [1.29, 1.82) is 0 Å². The van der Waals surface area contributed by atoms with E-state index in [9.17, 15) is 5.11 Å². The van der Waals surface area contributed by atoms with Crippen molar-refractivity contribution >= 4 is 0 Å². The Hall–Kier alpha value is -0.0800. The van der Waals surface area contributed by atoms with Gasteiger partial charge < -0.3 is 9.84 Å². The molecule has 60 valence electrons. The third kappa shape index (κ3) is 1.70. The molecule has 0 spiro atoms. The van der Waals surface area contributed by atoms with Gasteiger partial charge in [0.1, 0.15) is 0 Å². The molecule has 1 saturated heterocycles. The monoisotopic (exact) mass is 144 g/mol. The van der Waals surface area contributed by atoms with E-state index in [1.54, 1.807) is 0 Å². The molecule has 3 unspecified atom stereocenters. The molecule has 1 aliphatic heterocycles.